The lowest BCUT2D eigenvalue weighted by Gasteiger charge is -2.27. The summed E-state index contributed by atoms with van der Waals surface area (Å²) in [5.41, 5.74) is -0.0994. The zero-order valence-electron chi connectivity index (χ0n) is 26.9. The van der Waals surface area contributed by atoms with Crippen molar-refractivity contribution < 1.29 is 23.5 Å². The number of rotatable bonds is 8. The Kier molecular flexibility index (Phi) is 8.37. The Hall–Kier alpha value is -4.64. The van der Waals surface area contributed by atoms with Crippen molar-refractivity contribution in [3.05, 3.63) is 70.3 Å². The van der Waals surface area contributed by atoms with E-state index in [-0.39, 0.29) is 35.0 Å². The summed E-state index contributed by atoms with van der Waals surface area (Å²) in [5, 5.41) is 7.85. The molecule has 0 unspecified atom stereocenters. The van der Waals surface area contributed by atoms with Crippen molar-refractivity contribution in [2.24, 2.45) is 0 Å². The lowest BCUT2D eigenvalue weighted by atomic mass is 10.0. The van der Waals surface area contributed by atoms with E-state index in [0.29, 0.717) is 36.5 Å². The first-order valence-electron chi connectivity index (χ1n) is 15.7. The van der Waals surface area contributed by atoms with Gasteiger partial charge in [0.25, 0.3) is 5.91 Å². The number of ether oxygens (including phenoxy) is 2. The van der Waals surface area contributed by atoms with E-state index < -0.39 is 28.8 Å². The Labute approximate surface area is 267 Å². The quantitative estimate of drug-likeness (QED) is 0.207. The lowest BCUT2D eigenvalue weighted by Crippen LogP contribution is -2.41. The predicted octanol–water partition coefficient (Wildman–Crippen LogP) is 5.88. The SMILES string of the molecule is CN(C)CCCCNc1c(F)cc2c(=O)c(C(=O)N3CC[C@@H](NC(=O)OC(C)(C)C)C3)cn3c2c1Oc1c-3ccc2ccccc12. The van der Waals surface area contributed by atoms with Crippen LogP contribution < -0.4 is 20.8 Å². The number of amides is 2. The lowest BCUT2D eigenvalue weighted by molar-refractivity contribution is 0.0502. The Morgan fingerprint density at radius 2 is 1.87 bits per heavy atom. The van der Waals surface area contributed by atoms with Crippen molar-refractivity contribution in [1.82, 2.24) is 19.7 Å². The van der Waals surface area contributed by atoms with Crippen LogP contribution in [-0.4, -0.2) is 78.3 Å². The van der Waals surface area contributed by atoms with Crippen molar-refractivity contribution in [3.63, 3.8) is 0 Å². The highest BCUT2D eigenvalue weighted by atomic mass is 19.1. The Bertz CT molecular complexity index is 1900. The molecule has 2 aliphatic rings. The van der Waals surface area contributed by atoms with Crippen LogP contribution in [0, 0.1) is 5.82 Å². The molecule has 2 amide bonds. The molecule has 10 nitrogen and oxygen atoms in total. The highest BCUT2D eigenvalue weighted by molar-refractivity contribution is 6.03. The minimum Gasteiger partial charge on any atom is -0.450 e. The molecule has 0 aliphatic carbocycles. The smallest absolute Gasteiger partial charge is 0.407 e. The van der Waals surface area contributed by atoms with Crippen molar-refractivity contribution >= 4 is 39.4 Å². The van der Waals surface area contributed by atoms with E-state index in [1.165, 1.54) is 6.07 Å². The molecule has 0 saturated carbocycles. The van der Waals surface area contributed by atoms with E-state index in [9.17, 15) is 14.4 Å². The van der Waals surface area contributed by atoms with Gasteiger partial charge in [-0.3, -0.25) is 9.59 Å². The fourth-order valence-corrected chi connectivity index (χ4v) is 6.14. The average Bonchev–Trinajstić information content (AvgIpc) is 3.46. The summed E-state index contributed by atoms with van der Waals surface area (Å²) in [6.45, 7) is 7.33. The van der Waals surface area contributed by atoms with Gasteiger partial charge in [0.15, 0.2) is 17.3 Å². The third kappa shape index (κ3) is 6.11. The average molecular weight is 630 g/mol. The van der Waals surface area contributed by atoms with Gasteiger partial charge in [-0.2, -0.15) is 0 Å². The molecule has 0 radical (unpaired) electrons. The molecule has 3 aromatic carbocycles. The standard InChI is InChI=1S/C35H40FN5O5/c1-35(2,3)46-34(44)38-22-14-17-40(19-22)33(43)25-20-41-27-13-12-21-10-6-7-11-23(21)31(27)45-32-28(37-15-8-9-16-39(4)5)26(36)18-24(29(32)41)30(25)42/h6-7,10-13,18,20,22,37H,8-9,14-17,19H2,1-5H3,(H,38,44)/t22-/m1/s1. The van der Waals surface area contributed by atoms with Crippen LogP contribution in [0.4, 0.5) is 14.9 Å². The first-order valence-corrected chi connectivity index (χ1v) is 15.7. The van der Waals surface area contributed by atoms with Gasteiger partial charge in [0, 0.05) is 31.2 Å². The molecule has 6 rings (SSSR count). The van der Waals surface area contributed by atoms with Crippen LogP contribution in [0.3, 0.4) is 0 Å². The largest absolute Gasteiger partial charge is 0.450 e. The fourth-order valence-electron chi connectivity index (χ4n) is 6.14. The maximum atomic E-state index is 15.9. The van der Waals surface area contributed by atoms with Crippen LogP contribution in [0.15, 0.2) is 53.5 Å². The number of halogens is 1. The summed E-state index contributed by atoms with van der Waals surface area (Å²) >= 11 is 0. The molecule has 0 spiro atoms. The molecule has 11 heteroatoms. The summed E-state index contributed by atoms with van der Waals surface area (Å²) in [7, 11) is 4.02. The van der Waals surface area contributed by atoms with Gasteiger partial charge in [0.1, 0.15) is 22.4 Å². The van der Waals surface area contributed by atoms with Crippen LogP contribution in [0.25, 0.3) is 27.4 Å². The number of carbonyl (C=O) groups is 2. The molecule has 0 bridgehead atoms. The molecule has 1 atom stereocenters. The Balaban J connectivity index is 1.40. The van der Waals surface area contributed by atoms with Gasteiger partial charge >= 0.3 is 6.09 Å². The second kappa shape index (κ2) is 12.3. The number of hydrogen-bond acceptors (Lipinski definition) is 7. The molecule has 1 aromatic heterocycles. The summed E-state index contributed by atoms with van der Waals surface area (Å²) in [5.74, 6) is -0.388. The minimum absolute atomic E-state index is 0.0537. The number of fused-ring (bicyclic) bond motifs is 4. The van der Waals surface area contributed by atoms with Gasteiger partial charge in [0.05, 0.1) is 17.1 Å². The van der Waals surface area contributed by atoms with E-state index >= 15 is 4.39 Å². The van der Waals surface area contributed by atoms with E-state index in [4.69, 9.17) is 9.47 Å². The number of benzene rings is 3. The van der Waals surface area contributed by atoms with Gasteiger partial charge in [-0.25, -0.2) is 9.18 Å². The van der Waals surface area contributed by atoms with E-state index in [0.717, 1.165) is 30.2 Å². The number of unbranched alkanes of at least 4 members (excludes halogenated alkanes) is 1. The minimum atomic E-state index is -0.653. The molecule has 1 saturated heterocycles. The van der Waals surface area contributed by atoms with E-state index in [1.807, 2.05) is 50.5 Å². The van der Waals surface area contributed by atoms with Crippen LogP contribution in [0.2, 0.25) is 0 Å². The van der Waals surface area contributed by atoms with Crippen LogP contribution in [0.5, 0.6) is 11.5 Å². The molecule has 2 aliphatic heterocycles. The molecular formula is C35H40FN5O5. The molecular weight excluding hydrogens is 589 g/mol. The van der Waals surface area contributed by atoms with Crippen molar-refractivity contribution in [1.29, 1.82) is 0 Å². The summed E-state index contributed by atoms with van der Waals surface area (Å²) in [6, 6.07) is 12.4. The predicted molar refractivity (Wildman–Crippen MR) is 177 cm³/mol. The summed E-state index contributed by atoms with van der Waals surface area (Å²) in [6.07, 6.45) is 3.24. The zero-order chi connectivity index (χ0) is 32.7. The number of aromatic nitrogens is 1. The summed E-state index contributed by atoms with van der Waals surface area (Å²) < 4.78 is 29.5. The number of carbonyl (C=O) groups excluding carboxylic acids is 2. The van der Waals surface area contributed by atoms with Crippen LogP contribution in [-0.2, 0) is 4.74 Å². The number of pyridine rings is 1. The van der Waals surface area contributed by atoms with Gasteiger partial charge in [-0.1, -0.05) is 30.3 Å². The second-order valence-electron chi connectivity index (χ2n) is 13.3. The number of hydrogen-bond donors (Lipinski definition) is 2. The number of nitrogens with one attached hydrogen (secondary N) is 2. The topological polar surface area (TPSA) is 105 Å². The van der Waals surface area contributed by atoms with E-state index in [1.54, 1.807) is 36.4 Å². The third-order valence-corrected chi connectivity index (χ3v) is 8.28. The number of anilines is 1. The number of alkyl carbamates (subject to hydrolysis) is 1. The van der Waals surface area contributed by atoms with Crippen LogP contribution >= 0.6 is 0 Å². The second-order valence-corrected chi connectivity index (χ2v) is 13.3. The van der Waals surface area contributed by atoms with Crippen molar-refractivity contribution in [3.8, 4) is 17.2 Å². The normalized spacial score (nSPS) is 15.6. The molecule has 3 heterocycles. The highest BCUT2D eigenvalue weighted by Gasteiger charge is 2.33. The molecule has 1 fully saturated rings. The molecule has 4 aromatic rings. The third-order valence-electron chi connectivity index (χ3n) is 8.28. The van der Waals surface area contributed by atoms with Gasteiger partial charge < -0.3 is 34.5 Å². The van der Waals surface area contributed by atoms with Gasteiger partial charge in [0.2, 0.25) is 5.43 Å². The van der Waals surface area contributed by atoms with Crippen molar-refractivity contribution in [2.75, 3.05) is 45.6 Å². The number of likely N-dealkylation sites (tertiary alicyclic amines) is 1. The molecule has 242 valence electrons. The van der Waals surface area contributed by atoms with Crippen molar-refractivity contribution in [2.45, 2.75) is 51.7 Å². The monoisotopic (exact) mass is 629 g/mol. The van der Waals surface area contributed by atoms with E-state index in [2.05, 4.69) is 15.5 Å². The summed E-state index contributed by atoms with van der Waals surface area (Å²) in [4.78, 5) is 43.8. The highest BCUT2D eigenvalue weighted by Crippen LogP contribution is 2.47. The first kappa shape index (κ1) is 31.3. The van der Waals surface area contributed by atoms with Crippen LogP contribution in [0.1, 0.15) is 50.4 Å². The number of nitrogens with zero attached hydrogens (tertiary/aromatic N) is 3. The van der Waals surface area contributed by atoms with Gasteiger partial charge in [-0.15, -0.1) is 0 Å². The first-order chi connectivity index (χ1) is 21.9. The zero-order valence-corrected chi connectivity index (χ0v) is 26.9. The van der Waals surface area contributed by atoms with Gasteiger partial charge in [-0.05, 0) is 78.2 Å². The molecule has 2 N–H and O–H groups in total. The Morgan fingerprint density at radius 3 is 2.63 bits per heavy atom. The fraction of sp³-hybridized carbons (Fsp3) is 0.400. The maximum absolute atomic E-state index is 15.9. The Morgan fingerprint density at radius 1 is 1.09 bits per heavy atom. The maximum Gasteiger partial charge on any atom is 0.407 e. The molecule has 46 heavy (non-hydrogen) atoms.